The molecule has 2 aromatic rings. The molecular weight excluding hydrogens is 426 g/mol. The second-order valence-corrected chi connectivity index (χ2v) is 9.86. The van der Waals surface area contributed by atoms with Crippen molar-refractivity contribution in [3.63, 3.8) is 0 Å². The first-order valence-electron chi connectivity index (χ1n) is 10.1. The lowest BCUT2D eigenvalue weighted by Crippen LogP contribution is -2.46. The Labute approximate surface area is 180 Å². The van der Waals surface area contributed by atoms with E-state index in [0.717, 1.165) is 11.8 Å². The molecule has 1 aliphatic carbocycles. The summed E-state index contributed by atoms with van der Waals surface area (Å²) < 4.78 is 59.8. The summed E-state index contributed by atoms with van der Waals surface area (Å²) in [6.45, 7) is 1.11. The summed E-state index contributed by atoms with van der Waals surface area (Å²) in [6, 6.07) is 10.2. The first-order chi connectivity index (χ1) is 14.7. The minimum atomic E-state index is -3.43. The van der Waals surface area contributed by atoms with Crippen LogP contribution >= 0.6 is 0 Å². The first kappa shape index (κ1) is 21.9. The lowest BCUT2D eigenvalue weighted by atomic mass is 9.95. The number of rotatable bonds is 5. The minimum Gasteiger partial charge on any atom is -0.378 e. The van der Waals surface area contributed by atoms with Gasteiger partial charge in [-0.3, -0.25) is 4.79 Å². The van der Waals surface area contributed by atoms with Crippen LogP contribution in [-0.4, -0.2) is 57.8 Å². The third-order valence-corrected chi connectivity index (χ3v) is 6.42. The average Bonchev–Trinajstić information content (AvgIpc) is 3.51. The van der Waals surface area contributed by atoms with Crippen molar-refractivity contribution < 1.29 is 26.7 Å². The minimum absolute atomic E-state index is 0.0863. The van der Waals surface area contributed by atoms with Crippen LogP contribution in [0.15, 0.2) is 42.5 Å². The molecule has 31 heavy (non-hydrogen) atoms. The van der Waals surface area contributed by atoms with Gasteiger partial charge in [0.15, 0.2) is 0 Å². The van der Waals surface area contributed by atoms with Crippen LogP contribution in [0.25, 0.3) is 11.1 Å². The number of hydrogen-bond donors (Lipinski definition) is 1. The van der Waals surface area contributed by atoms with Crippen LogP contribution in [0.4, 0.5) is 8.78 Å². The number of nitrogens with one attached hydrogen (secondary N) is 1. The van der Waals surface area contributed by atoms with E-state index in [4.69, 9.17) is 4.74 Å². The number of carbonyl (C=O) groups is 1. The molecule has 166 valence electrons. The molecule has 1 saturated carbocycles. The van der Waals surface area contributed by atoms with Crippen LogP contribution in [0.5, 0.6) is 0 Å². The van der Waals surface area contributed by atoms with E-state index in [9.17, 15) is 22.0 Å². The van der Waals surface area contributed by atoms with Crippen molar-refractivity contribution in [1.82, 2.24) is 9.62 Å². The molecule has 2 fully saturated rings. The monoisotopic (exact) mass is 450 g/mol. The number of nitrogens with zero attached hydrogens (tertiary/aromatic N) is 1. The number of sulfonamides is 1. The zero-order chi connectivity index (χ0) is 22.2. The molecule has 1 aliphatic heterocycles. The fraction of sp³-hybridized carbons (Fsp3) is 0.409. The lowest BCUT2D eigenvalue weighted by molar-refractivity contribution is -0.132. The predicted octanol–water partition coefficient (Wildman–Crippen LogP) is 2.51. The molecule has 1 saturated heterocycles. The Balaban J connectivity index is 1.53. The molecular formula is C22H24F2N2O4S. The van der Waals surface area contributed by atoms with E-state index in [1.54, 1.807) is 29.2 Å². The maximum Gasteiger partial charge on any atom is 0.226 e. The second kappa shape index (κ2) is 8.64. The highest BCUT2D eigenvalue weighted by Crippen LogP contribution is 2.51. The fourth-order valence-corrected chi connectivity index (χ4v) is 4.98. The summed E-state index contributed by atoms with van der Waals surface area (Å²) in [5.74, 6) is -1.84. The Morgan fingerprint density at radius 2 is 1.84 bits per heavy atom. The third-order valence-electron chi connectivity index (χ3n) is 5.66. The van der Waals surface area contributed by atoms with Gasteiger partial charge in [0.25, 0.3) is 0 Å². The summed E-state index contributed by atoms with van der Waals surface area (Å²) in [4.78, 5) is 14.8. The van der Waals surface area contributed by atoms with Crippen LogP contribution in [0.3, 0.4) is 0 Å². The van der Waals surface area contributed by atoms with Crippen molar-refractivity contribution in [1.29, 1.82) is 0 Å². The van der Waals surface area contributed by atoms with Gasteiger partial charge in [-0.2, -0.15) is 0 Å². The normalized spacial score (nSPS) is 24.0. The molecule has 1 amide bonds. The zero-order valence-electron chi connectivity index (χ0n) is 17.1. The van der Waals surface area contributed by atoms with Crippen molar-refractivity contribution >= 4 is 15.9 Å². The van der Waals surface area contributed by atoms with Gasteiger partial charge in [-0.25, -0.2) is 21.9 Å². The molecule has 9 heteroatoms. The van der Waals surface area contributed by atoms with Crippen molar-refractivity contribution in [3.8, 4) is 11.1 Å². The summed E-state index contributed by atoms with van der Waals surface area (Å²) in [5, 5.41) is 0. The quantitative estimate of drug-likeness (QED) is 0.760. The van der Waals surface area contributed by atoms with E-state index in [1.807, 2.05) is 0 Å². The summed E-state index contributed by atoms with van der Waals surface area (Å²) in [5.41, 5.74) is 1.10. The third kappa shape index (κ3) is 4.94. The van der Waals surface area contributed by atoms with E-state index in [-0.39, 0.29) is 36.5 Å². The highest BCUT2D eigenvalue weighted by molar-refractivity contribution is 7.88. The Morgan fingerprint density at radius 1 is 1.13 bits per heavy atom. The van der Waals surface area contributed by atoms with Crippen LogP contribution in [0.1, 0.15) is 17.9 Å². The average molecular weight is 451 g/mol. The molecule has 2 aromatic carbocycles. The Bertz CT molecular complexity index is 1070. The molecule has 1 N–H and O–H groups in total. The SMILES string of the molecule is CS(=O)(=O)N[C@@H]1COCCN(C(=O)[C@@H]2C[C@H]2c2ccccc2-c2c(F)cccc2F)C1. The molecule has 0 unspecified atom stereocenters. The van der Waals surface area contributed by atoms with Gasteiger partial charge < -0.3 is 9.64 Å². The number of hydrogen-bond acceptors (Lipinski definition) is 4. The molecule has 3 atom stereocenters. The number of benzene rings is 2. The Morgan fingerprint density at radius 3 is 2.55 bits per heavy atom. The molecule has 0 aromatic heterocycles. The highest BCUT2D eigenvalue weighted by Gasteiger charge is 2.47. The molecule has 0 bridgehead atoms. The van der Waals surface area contributed by atoms with Gasteiger partial charge in [-0.15, -0.1) is 0 Å². The van der Waals surface area contributed by atoms with Crippen molar-refractivity contribution in [3.05, 3.63) is 59.7 Å². The van der Waals surface area contributed by atoms with E-state index in [0.29, 0.717) is 25.1 Å². The van der Waals surface area contributed by atoms with Gasteiger partial charge in [-0.05, 0) is 35.6 Å². The molecule has 0 spiro atoms. The summed E-state index contributed by atoms with van der Waals surface area (Å²) in [7, 11) is -3.43. The Hall–Kier alpha value is -2.36. The van der Waals surface area contributed by atoms with Gasteiger partial charge >= 0.3 is 0 Å². The summed E-state index contributed by atoms with van der Waals surface area (Å²) in [6.07, 6.45) is 1.65. The number of amides is 1. The maximum atomic E-state index is 14.4. The van der Waals surface area contributed by atoms with Crippen molar-refractivity contribution in [2.75, 3.05) is 32.6 Å². The van der Waals surface area contributed by atoms with E-state index < -0.39 is 27.7 Å². The van der Waals surface area contributed by atoms with Crippen LogP contribution in [-0.2, 0) is 19.6 Å². The number of halogens is 2. The largest absolute Gasteiger partial charge is 0.378 e. The van der Waals surface area contributed by atoms with Gasteiger partial charge in [-0.1, -0.05) is 30.3 Å². The zero-order valence-corrected chi connectivity index (χ0v) is 17.9. The summed E-state index contributed by atoms with van der Waals surface area (Å²) >= 11 is 0. The van der Waals surface area contributed by atoms with Gasteiger partial charge in [0.2, 0.25) is 15.9 Å². The lowest BCUT2D eigenvalue weighted by Gasteiger charge is -2.24. The molecule has 6 nitrogen and oxygen atoms in total. The van der Waals surface area contributed by atoms with Crippen LogP contribution < -0.4 is 4.72 Å². The van der Waals surface area contributed by atoms with E-state index >= 15 is 0 Å². The predicted molar refractivity (Wildman–Crippen MR) is 112 cm³/mol. The smallest absolute Gasteiger partial charge is 0.226 e. The van der Waals surface area contributed by atoms with Crippen molar-refractivity contribution in [2.45, 2.75) is 18.4 Å². The maximum absolute atomic E-state index is 14.4. The van der Waals surface area contributed by atoms with E-state index in [1.165, 1.54) is 18.2 Å². The standard InChI is InChI=1S/C22H24F2N2O4S/c1-31(28,29)25-14-12-26(9-10-30-13-14)22(27)18-11-17(18)15-5-2-3-6-16(15)21-19(23)7-4-8-20(21)24/h2-8,14,17-18,25H,9-13H2,1H3/t14-,17-,18+/m0/s1. The molecule has 4 rings (SSSR count). The second-order valence-electron chi connectivity index (χ2n) is 8.08. The first-order valence-corrected chi connectivity index (χ1v) is 12.0. The number of ether oxygens (including phenoxy) is 1. The van der Waals surface area contributed by atoms with E-state index in [2.05, 4.69) is 4.72 Å². The van der Waals surface area contributed by atoms with Crippen LogP contribution in [0.2, 0.25) is 0 Å². The Kier molecular flexibility index (Phi) is 6.09. The van der Waals surface area contributed by atoms with Gasteiger partial charge in [0.05, 0.1) is 31.1 Å². The fourth-order valence-electron chi connectivity index (χ4n) is 4.23. The molecule has 1 heterocycles. The van der Waals surface area contributed by atoms with Crippen molar-refractivity contribution in [2.24, 2.45) is 5.92 Å². The topological polar surface area (TPSA) is 75.7 Å². The van der Waals surface area contributed by atoms with Gasteiger partial charge in [0.1, 0.15) is 11.6 Å². The van der Waals surface area contributed by atoms with Gasteiger partial charge in [0, 0.05) is 19.0 Å². The van der Waals surface area contributed by atoms with Crippen LogP contribution in [0, 0.1) is 17.6 Å². The molecule has 2 aliphatic rings. The molecule has 0 radical (unpaired) electrons. The highest BCUT2D eigenvalue weighted by atomic mass is 32.2. The number of carbonyl (C=O) groups excluding carboxylic acids is 1.